The predicted molar refractivity (Wildman–Crippen MR) is 110 cm³/mol. The third-order valence-corrected chi connectivity index (χ3v) is 5.69. The molecule has 0 saturated carbocycles. The molecule has 1 saturated heterocycles. The highest BCUT2D eigenvalue weighted by molar-refractivity contribution is 9.10. The van der Waals surface area contributed by atoms with Crippen LogP contribution in [0.2, 0.25) is 0 Å². The molecule has 1 aromatic heterocycles. The molecule has 1 amide bonds. The lowest BCUT2D eigenvalue weighted by Crippen LogP contribution is -2.27. The highest BCUT2D eigenvalue weighted by Crippen LogP contribution is 2.34. The van der Waals surface area contributed by atoms with Gasteiger partial charge >= 0.3 is 0 Å². The maximum atomic E-state index is 12.4. The Labute approximate surface area is 172 Å². The summed E-state index contributed by atoms with van der Waals surface area (Å²) in [5, 5.41) is 4.15. The molecule has 1 aliphatic rings. The summed E-state index contributed by atoms with van der Waals surface area (Å²) in [6.07, 6.45) is 1.20. The van der Waals surface area contributed by atoms with Crippen molar-refractivity contribution in [3.63, 3.8) is 0 Å². The largest absolute Gasteiger partial charge is 0.337 e. The minimum atomic E-state index is -0.174. The second kappa shape index (κ2) is 7.87. The third kappa shape index (κ3) is 3.87. The number of hydrogen-bond donors (Lipinski definition) is 0. The number of hydrogen-bond acceptors (Lipinski definition) is 4. The van der Waals surface area contributed by atoms with Crippen LogP contribution in [0.4, 0.5) is 0 Å². The van der Waals surface area contributed by atoms with Gasteiger partial charge in [-0.3, -0.25) is 4.79 Å². The third-order valence-electron chi connectivity index (χ3n) is 5.16. The summed E-state index contributed by atoms with van der Waals surface area (Å²) in [6, 6.07) is 16.0. The minimum Gasteiger partial charge on any atom is -0.337 e. The Morgan fingerprint density at radius 1 is 1.14 bits per heavy atom. The van der Waals surface area contributed by atoms with Gasteiger partial charge in [-0.2, -0.15) is 4.98 Å². The van der Waals surface area contributed by atoms with Gasteiger partial charge in [0.05, 0.1) is 0 Å². The highest BCUT2D eigenvalue weighted by Gasteiger charge is 2.36. The summed E-state index contributed by atoms with van der Waals surface area (Å²) in [5.41, 5.74) is 3.27. The molecule has 1 unspecified atom stereocenters. The maximum Gasteiger partial charge on any atom is 0.249 e. The van der Waals surface area contributed by atoms with Crippen molar-refractivity contribution in [1.82, 2.24) is 15.0 Å². The van der Waals surface area contributed by atoms with Crippen LogP contribution in [0.3, 0.4) is 0 Å². The topological polar surface area (TPSA) is 59.2 Å². The van der Waals surface area contributed by atoms with Gasteiger partial charge in [-0.1, -0.05) is 71.3 Å². The van der Waals surface area contributed by atoms with Crippen LogP contribution in [0.25, 0.3) is 11.4 Å². The minimum absolute atomic E-state index is 0.119. The Bertz CT molecular complexity index is 964. The summed E-state index contributed by atoms with van der Waals surface area (Å²) >= 11 is 3.44. The number of carbonyl (C=O) groups is 1. The fraction of sp³-hybridized carbons (Fsp3) is 0.318. The van der Waals surface area contributed by atoms with Crippen LogP contribution >= 0.6 is 15.9 Å². The van der Waals surface area contributed by atoms with Crippen molar-refractivity contribution in [2.45, 2.75) is 45.2 Å². The van der Waals surface area contributed by atoms with Crippen LogP contribution in [0.1, 0.15) is 55.7 Å². The van der Waals surface area contributed by atoms with Crippen LogP contribution < -0.4 is 0 Å². The van der Waals surface area contributed by atoms with Gasteiger partial charge in [-0.25, -0.2) is 0 Å². The first kappa shape index (κ1) is 18.9. The molecule has 28 heavy (non-hydrogen) atoms. The molecule has 0 aliphatic carbocycles. The highest BCUT2D eigenvalue weighted by atomic mass is 79.9. The Morgan fingerprint density at radius 3 is 2.54 bits per heavy atom. The summed E-state index contributed by atoms with van der Waals surface area (Å²) in [5.74, 6) is 1.67. The number of likely N-dealkylation sites (tertiary alicyclic amines) is 1. The van der Waals surface area contributed by atoms with E-state index in [0.717, 1.165) is 15.6 Å². The van der Waals surface area contributed by atoms with Gasteiger partial charge in [0.2, 0.25) is 17.6 Å². The molecule has 3 aromatic rings. The smallest absolute Gasteiger partial charge is 0.249 e. The second-order valence-electron chi connectivity index (χ2n) is 7.44. The van der Waals surface area contributed by atoms with E-state index in [4.69, 9.17) is 4.52 Å². The van der Waals surface area contributed by atoms with Gasteiger partial charge in [-0.05, 0) is 35.6 Å². The molecule has 0 bridgehead atoms. The van der Waals surface area contributed by atoms with E-state index in [2.05, 4.69) is 52.1 Å². The van der Waals surface area contributed by atoms with E-state index in [0.29, 0.717) is 37.0 Å². The zero-order valence-electron chi connectivity index (χ0n) is 15.9. The summed E-state index contributed by atoms with van der Waals surface area (Å²) in [4.78, 5) is 18.9. The van der Waals surface area contributed by atoms with Crippen molar-refractivity contribution < 1.29 is 9.32 Å². The van der Waals surface area contributed by atoms with E-state index < -0.39 is 0 Å². The van der Waals surface area contributed by atoms with Gasteiger partial charge in [0.25, 0.3) is 0 Å². The van der Waals surface area contributed by atoms with Gasteiger partial charge in [0.1, 0.15) is 6.04 Å². The lowest BCUT2D eigenvalue weighted by atomic mass is 10.0. The number of carbonyl (C=O) groups excluding carboxylic acids is 1. The second-order valence-corrected chi connectivity index (χ2v) is 8.35. The number of nitrogens with zero attached hydrogens (tertiary/aromatic N) is 3. The molecule has 6 heteroatoms. The zero-order chi connectivity index (χ0) is 19.7. The van der Waals surface area contributed by atoms with Crippen molar-refractivity contribution in [2.75, 3.05) is 0 Å². The standard InChI is InChI=1S/C22H22BrN3O2/c1-14(2)16-5-7-17(8-6-16)21-24-22(28-25-21)19-11-12-20(27)26(19)13-15-3-9-18(23)10-4-15/h3-10,14,19H,11-13H2,1-2H3. The molecule has 0 spiro atoms. The molecule has 4 rings (SSSR count). The van der Waals surface area contributed by atoms with Crippen LogP contribution in [0, 0.1) is 0 Å². The maximum absolute atomic E-state index is 12.4. The normalized spacial score (nSPS) is 16.9. The molecule has 1 atom stereocenters. The number of amides is 1. The van der Waals surface area contributed by atoms with E-state index >= 15 is 0 Å². The van der Waals surface area contributed by atoms with Crippen molar-refractivity contribution in [3.8, 4) is 11.4 Å². The lowest BCUT2D eigenvalue weighted by molar-refractivity contribution is -0.129. The first-order valence-corrected chi connectivity index (χ1v) is 10.3. The summed E-state index contributed by atoms with van der Waals surface area (Å²) < 4.78 is 6.57. The number of halogens is 1. The first-order chi connectivity index (χ1) is 13.5. The van der Waals surface area contributed by atoms with Crippen molar-refractivity contribution in [3.05, 3.63) is 70.0 Å². The van der Waals surface area contributed by atoms with Crippen LogP contribution in [0.15, 0.2) is 57.5 Å². The Morgan fingerprint density at radius 2 is 1.86 bits per heavy atom. The van der Waals surface area contributed by atoms with Gasteiger partial charge in [0.15, 0.2) is 0 Å². The molecule has 2 heterocycles. The predicted octanol–water partition coefficient (Wildman–Crippen LogP) is 5.49. The molecule has 0 radical (unpaired) electrons. The van der Waals surface area contributed by atoms with Crippen molar-refractivity contribution in [2.24, 2.45) is 0 Å². The SMILES string of the molecule is CC(C)c1ccc(-c2noc(C3CCC(=O)N3Cc3ccc(Br)cc3)n2)cc1. The molecule has 5 nitrogen and oxygen atoms in total. The average molecular weight is 440 g/mol. The fourth-order valence-corrected chi connectivity index (χ4v) is 3.74. The van der Waals surface area contributed by atoms with Gasteiger partial charge in [-0.15, -0.1) is 0 Å². The fourth-order valence-electron chi connectivity index (χ4n) is 3.48. The first-order valence-electron chi connectivity index (χ1n) is 9.49. The zero-order valence-corrected chi connectivity index (χ0v) is 17.5. The number of rotatable bonds is 5. The van der Waals surface area contributed by atoms with Crippen LogP contribution in [-0.4, -0.2) is 20.9 Å². The van der Waals surface area contributed by atoms with E-state index in [1.165, 1.54) is 5.56 Å². The van der Waals surface area contributed by atoms with Crippen molar-refractivity contribution in [1.29, 1.82) is 0 Å². The quantitative estimate of drug-likeness (QED) is 0.527. The Hall–Kier alpha value is -2.47. The molecule has 2 aromatic carbocycles. The van der Waals surface area contributed by atoms with E-state index in [1.807, 2.05) is 41.3 Å². The van der Waals surface area contributed by atoms with Crippen LogP contribution in [-0.2, 0) is 11.3 Å². The number of aromatic nitrogens is 2. The van der Waals surface area contributed by atoms with Gasteiger partial charge < -0.3 is 9.42 Å². The van der Waals surface area contributed by atoms with Gasteiger partial charge in [0, 0.05) is 23.0 Å². The monoisotopic (exact) mass is 439 g/mol. The molecule has 144 valence electrons. The molecule has 1 aliphatic heterocycles. The average Bonchev–Trinajstić information content (AvgIpc) is 3.31. The Balaban J connectivity index is 1.54. The summed E-state index contributed by atoms with van der Waals surface area (Å²) in [6.45, 7) is 4.87. The summed E-state index contributed by atoms with van der Waals surface area (Å²) in [7, 11) is 0. The molecule has 1 fully saturated rings. The van der Waals surface area contributed by atoms with E-state index in [9.17, 15) is 4.79 Å². The van der Waals surface area contributed by atoms with E-state index in [1.54, 1.807) is 0 Å². The molecular weight excluding hydrogens is 418 g/mol. The Kier molecular flexibility index (Phi) is 5.31. The molecular formula is C22H22BrN3O2. The van der Waals surface area contributed by atoms with Crippen molar-refractivity contribution >= 4 is 21.8 Å². The van der Waals surface area contributed by atoms with E-state index in [-0.39, 0.29) is 11.9 Å². The van der Waals surface area contributed by atoms with Crippen LogP contribution in [0.5, 0.6) is 0 Å². The molecule has 0 N–H and O–H groups in total. The number of benzene rings is 2. The lowest BCUT2D eigenvalue weighted by Gasteiger charge is -2.22.